The van der Waals surface area contributed by atoms with Gasteiger partial charge in [0.2, 0.25) is 5.91 Å². The van der Waals surface area contributed by atoms with Gasteiger partial charge in [-0.05, 0) is 55.3 Å². The third kappa shape index (κ3) is 7.99. The van der Waals surface area contributed by atoms with Crippen LogP contribution in [0.3, 0.4) is 0 Å². The first kappa shape index (κ1) is 25.5. The Kier molecular flexibility index (Phi) is 10.6. The van der Waals surface area contributed by atoms with Crippen molar-refractivity contribution in [3.63, 3.8) is 0 Å². The van der Waals surface area contributed by atoms with E-state index in [0.29, 0.717) is 5.96 Å². The molecule has 1 saturated heterocycles. The number of guanidine groups is 1. The Bertz CT molecular complexity index is 834. The lowest BCUT2D eigenvalue weighted by Crippen LogP contribution is -2.40. The monoisotopic (exact) mass is 555 g/mol. The van der Waals surface area contributed by atoms with Crippen molar-refractivity contribution in [3.05, 3.63) is 52.2 Å². The summed E-state index contributed by atoms with van der Waals surface area (Å²) < 4.78 is 0. The van der Waals surface area contributed by atoms with Crippen LogP contribution in [0.5, 0.6) is 0 Å². The Labute approximate surface area is 207 Å². The number of carbonyl (C=O) groups is 1. The van der Waals surface area contributed by atoms with Crippen LogP contribution in [0.25, 0.3) is 0 Å². The molecule has 0 saturated carbocycles. The molecule has 1 atom stereocenters. The molecule has 2 heterocycles. The average Bonchev–Trinajstić information content (AvgIpc) is 3.45. The minimum absolute atomic E-state index is 0. The van der Waals surface area contributed by atoms with Gasteiger partial charge in [-0.15, -0.1) is 35.3 Å². The molecule has 0 aliphatic carbocycles. The fourth-order valence-corrected chi connectivity index (χ4v) is 4.16. The first-order chi connectivity index (χ1) is 14.5. The lowest BCUT2D eigenvalue weighted by Gasteiger charge is -2.22. The second kappa shape index (κ2) is 12.9. The average molecular weight is 556 g/mol. The minimum Gasteiger partial charge on any atom is -0.372 e. The summed E-state index contributed by atoms with van der Waals surface area (Å²) in [5.74, 6) is 0.652. The predicted octanol–water partition coefficient (Wildman–Crippen LogP) is 3.89. The van der Waals surface area contributed by atoms with E-state index < -0.39 is 0 Å². The van der Waals surface area contributed by atoms with Crippen molar-refractivity contribution < 1.29 is 4.79 Å². The van der Waals surface area contributed by atoms with Gasteiger partial charge in [0, 0.05) is 44.3 Å². The van der Waals surface area contributed by atoms with Crippen molar-refractivity contribution in [1.29, 1.82) is 0 Å². The number of likely N-dealkylation sites (N-methyl/N-ethyl adjacent to an activating group) is 1. The van der Waals surface area contributed by atoms with Crippen molar-refractivity contribution in [2.75, 3.05) is 45.2 Å². The maximum atomic E-state index is 12.0. The number of thiophene rings is 1. The number of nitrogens with one attached hydrogen (secondary N) is 2. The molecule has 1 amide bonds. The Morgan fingerprint density at radius 2 is 2.00 bits per heavy atom. The Morgan fingerprint density at radius 1 is 1.23 bits per heavy atom. The molecular formula is C23H34IN5OS. The van der Waals surface area contributed by atoms with Gasteiger partial charge < -0.3 is 20.4 Å². The van der Waals surface area contributed by atoms with Crippen LogP contribution >= 0.6 is 35.3 Å². The number of hydrogen-bond donors (Lipinski definition) is 2. The highest BCUT2D eigenvalue weighted by Gasteiger charge is 2.15. The van der Waals surface area contributed by atoms with Crippen molar-refractivity contribution in [2.45, 2.75) is 32.2 Å². The normalized spacial score (nSPS) is 14.7. The molecule has 170 valence electrons. The molecular weight excluding hydrogens is 521 g/mol. The first-order valence-corrected chi connectivity index (χ1v) is 11.5. The topological polar surface area (TPSA) is 60.0 Å². The van der Waals surface area contributed by atoms with E-state index in [4.69, 9.17) is 0 Å². The molecule has 1 aromatic carbocycles. The predicted molar refractivity (Wildman–Crippen MR) is 142 cm³/mol. The van der Waals surface area contributed by atoms with Gasteiger partial charge in [0.1, 0.15) is 6.54 Å². The number of benzene rings is 1. The van der Waals surface area contributed by atoms with Crippen LogP contribution < -0.4 is 15.5 Å². The Balaban J connectivity index is 0.00000341. The second-order valence-corrected chi connectivity index (χ2v) is 8.90. The third-order valence-corrected chi connectivity index (χ3v) is 6.25. The van der Waals surface area contributed by atoms with Crippen molar-refractivity contribution in [1.82, 2.24) is 15.5 Å². The van der Waals surface area contributed by atoms with E-state index in [2.05, 4.69) is 69.2 Å². The number of halogens is 1. The van der Waals surface area contributed by atoms with E-state index in [9.17, 15) is 4.79 Å². The zero-order valence-electron chi connectivity index (χ0n) is 18.6. The summed E-state index contributed by atoms with van der Waals surface area (Å²) in [7, 11) is 3.50. The summed E-state index contributed by atoms with van der Waals surface area (Å²) in [6.07, 6.45) is 3.46. The van der Waals surface area contributed by atoms with Crippen LogP contribution in [0, 0.1) is 0 Å². The molecule has 1 aliphatic rings. The quantitative estimate of drug-likeness (QED) is 0.295. The molecule has 1 fully saturated rings. The third-order valence-electron chi connectivity index (χ3n) is 5.31. The summed E-state index contributed by atoms with van der Waals surface area (Å²) in [4.78, 5) is 21.9. The number of anilines is 1. The fraction of sp³-hybridized carbons (Fsp3) is 0.478. The summed E-state index contributed by atoms with van der Waals surface area (Å²) >= 11 is 1.76. The zero-order chi connectivity index (χ0) is 21.3. The van der Waals surface area contributed by atoms with Crippen molar-refractivity contribution in [3.8, 4) is 0 Å². The summed E-state index contributed by atoms with van der Waals surface area (Å²) in [5, 5.41) is 8.96. The molecule has 2 N–H and O–H groups in total. The lowest BCUT2D eigenvalue weighted by atomic mass is 10.1. The molecule has 0 radical (unpaired) electrons. The van der Waals surface area contributed by atoms with Gasteiger partial charge in [-0.3, -0.25) is 4.79 Å². The molecule has 3 rings (SSSR count). The van der Waals surface area contributed by atoms with E-state index in [1.807, 2.05) is 0 Å². The summed E-state index contributed by atoms with van der Waals surface area (Å²) in [6, 6.07) is 13.0. The van der Waals surface area contributed by atoms with Gasteiger partial charge in [-0.25, -0.2) is 4.99 Å². The largest absolute Gasteiger partial charge is 0.372 e. The molecule has 6 nitrogen and oxygen atoms in total. The highest BCUT2D eigenvalue weighted by molar-refractivity contribution is 14.0. The Morgan fingerprint density at radius 3 is 2.68 bits per heavy atom. The second-order valence-electron chi connectivity index (χ2n) is 7.86. The van der Waals surface area contributed by atoms with Crippen LogP contribution in [0.2, 0.25) is 0 Å². The van der Waals surface area contributed by atoms with Crippen LogP contribution in [0.4, 0.5) is 5.69 Å². The van der Waals surface area contributed by atoms with Crippen molar-refractivity contribution >= 4 is 52.9 Å². The molecule has 1 aromatic heterocycles. The molecule has 0 bridgehead atoms. The number of nitrogens with zero attached hydrogens (tertiary/aromatic N) is 3. The summed E-state index contributed by atoms with van der Waals surface area (Å²) in [6.45, 7) is 5.29. The number of aliphatic imine (C=N–C) groups is 1. The fourth-order valence-electron chi connectivity index (χ4n) is 3.45. The molecule has 0 spiro atoms. The summed E-state index contributed by atoms with van der Waals surface area (Å²) in [5.41, 5.74) is 2.50. The minimum atomic E-state index is -0.0157. The van der Waals surface area contributed by atoms with Crippen LogP contribution in [0.1, 0.15) is 36.2 Å². The van der Waals surface area contributed by atoms with Gasteiger partial charge in [-0.1, -0.05) is 18.2 Å². The molecule has 1 aliphatic heterocycles. The first-order valence-electron chi connectivity index (χ1n) is 10.6. The number of amides is 1. The highest BCUT2D eigenvalue weighted by atomic mass is 127. The molecule has 31 heavy (non-hydrogen) atoms. The van der Waals surface area contributed by atoms with Gasteiger partial charge in [0.25, 0.3) is 0 Å². The maximum absolute atomic E-state index is 12.0. The van der Waals surface area contributed by atoms with Gasteiger partial charge in [0.05, 0.1) is 6.04 Å². The SMILES string of the molecule is CC(NC(=NCC(=O)N(C)C)NCCc1cccs1)c1cccc(N2CCCC2)c1.I. The maximum Gasteiger partial charge on any atom is 0.243 e. The number of carbonyl (C=O) groups excluding carboxylic acids is 1. The van der Waals surface area contributed by atoms with Gasteiger partial charge >= 0.3 is 0 Å². The molecule has 8 heteroatoms. The standard InChI is InChI=1S/C23H33N5OS.HI/c1-18(19-8-6-9-20(16-19)28-13-4-5-14-28)26-23(25-17-22(29)27(2)3)24-12-11-21-10-7-15-30-21;/h6-10,15-16,18H,4-5,11-14,17H2,1-3H3,(H2,24,25,26);1H. The van der Waals surface area contributed by atoms with Gasteiger partial charge in [-0.2, -0.15) is 0 Å². The van der Waals surface area contributed by atoms with E-state index in [1.54, 1.807) is 30.3 Å². The number of rotatable bonds is 8. The lowest BCUT2D eigenvalue weighted by molar-refractivity contribution is -0.127. The molecule has 1 unspecified atom stereocenters. The zero-order valence-corrected chi connectivity index (χ0v) is 21.8. The van der Waals surface area contributed by atoms with Gasteiger partial charge in [0.15, 0.2) is 5.96 Å². The van der Waals surface area contributed by atoms with E-state index in [0.717, 1.165) is 26.1 Å². The van der Waals surface area contributed by atoms with Crippen molar-refractivity contribution in [2.24, 2.45) is 4.99 Å². The van der Waals surface area contributed by atoms with E-state index in [1.165, 1.54) is 29.0 Å². The van der Waals surface area contributed by atoms with E-state index >= 15 is 0 Å². The number of hydrogen-bond acceptors (Lipinski definition) is 4. The Hall–Kier alpha value is -1.81. The van der Waals surface area contributed by atoms with E-state index in [-0.39, 0.29) is 42.5 Å². The highest BCUT2D eigenvalue weighted by Crippen LogP contribution is 2.24. The van der Waals surface area contributed by atoms with Crippen LogP contribution in [-0.4, -0.2) is 57.0 Å². The van der Waals surface area contributed by atoms with Crippen LogP contribution in [0.15, 0.2) is 46.8 Å². The molecule has 2 aromatic rings. The van der Waals surface area contributed by atoms with Crippen LogP contribution in [-0.2, 0) is 11.2 Å². The smallest absolute Gasteiger partial charge is 0.243 e.